The monoisotopic (exact) mass is 335 g/mol. The molecular formula is C18H19F2NO3. The van der Waals surface area contributed by atoms with Gasteiger partial charge in [0.05, 0.1) is 11.7 Å². The van der Waals surface area contributed by atoms with E-state index in [9.17, 15) is 13.9 Å². The van der Waals surface area contributed by atoms with Crippen LogP contribution < -0.4 is 14.8 Å². The second-order valence-corrected chi connectivity index (χ2v) is 6.23. The van der Waals surface area contributed by atoms with Crippen molar-refractivity contribution >= 4 is 0 Å². The van der Waals surface area contributed by atoms with Crippen LogP contribution in [0.1, 0.15) is 31.1 Å². The minimum atomic E-state index is -1.29. The minimum absolute atomic E-state index is 0.000699. The Morgan fingerprint density at radius 3 is 2.50 bits per heavy atom. The molecule has 1 atom stereocenters. The van der Waals surface area contributed by atoms with E-state index in [1.54, 1.807) is 0 Å². The van der Waals surface area contributed by atoms with Crippen LogP contribution >= 0.6 is 0 Å². The maximum atomic E-state index is 13.7. The van der Waals surface area contributed by atoms with Crippen LogP contribution in [0.2, 0.25) is 0 Å². The van der Waals surface area contributed by atoms with Crippen molar-refractivity contribution in [1.29, 1.82) is 0 Å². The molecule has 2 N–H and O–H groups in total. The highest BCUT2D eigenvalue weighted by Gasteiger charge is 2.26. The predicted molar refractivity (Wildman–Crippen MR) is 84.9 cm³/mol. The smallest absolute Gasteiger partial charge is 0.231 e. The van der Waals surface area contributed by atoms with E-state index in [1.807, 2.05) is 32.0 Å². The third-order valence-electron chi connectivity index (χ3n) is 4.16. The molecule has 2 aromatic carbocycles. The molecule has 3 rings (SSSR count). The fourth-order valence-corrected chi connectivity index (χ4v) is 2.67. The number of benzene rings is 2. The van der Waals surface area contributed by atoms with Gasteiger partial charge in [-0.05, 0) is 43.7 Å². The predicted octanol–water partition coefficient (Wildman–Crippen LogP) is 3.25. The highest BCUT2D eigenvalue weighted by atomic mass is 19.1. The summed E-state index contributed by atoms with van der Waals surface area (Å²) in [4.78, 5) is 0. The van der Waals surface area contributed by atoms with Crippen LogP contribution in [0.25, 0.3) is 0 Å². The van der Waals surface area contributed by atoms with E-state index in [1.165, 1.54) is 6.07 Å². The molecule has 0 amide bonds. The lowest BCUT2D eigenvalue weighted by Crippen LogP contribution is -2.39. The molecule has 1 unspecified atom stereocenters. The summed E-state index contributed by atoms with van der Waals surface area (Å²) in [6, 6.07) is 9.08. The molecule has 0 fully saturated rings. The first kappa shape index (κ1) is 16.7. The molecule has 0 aliphatic carbocycles. The van der Waals surface area contributed by atoms with Crippen molar-refractivity contribution in [2.75, 3.05) is 13.3 Å². The maximum Gasteiger partial charge on any atom is 0.231 e. The lowest BCUT2D eigenvalue weighted by molar-refractivity contribution is 0.152. The topological polar surface area (TPSA) is 50.7 Å². The summed E-state index contributed by atoms with van der Waals surface area (Å²) in [7, 11) is 0. The second kappa shape index (κ2) is 6.37. The number of aliphatic hydroxyl groups is 1. The van der Waals surface area contributed by atoms with Crippen LogP contribution in [0.15, 0.2) is 36.4 Å². The molecule has 0 saturated heterocycles. The van der Waals surface area contributed by atoms with Crippen molar-refractivity contribution in [1.82, 2.24) is 5.32 Å². The zero-order chi connectivity index (χ0) is 17.3. The number of fused-ring (bicyclic) bond motifs is 1. The molecule has 4 nitrogen and oxygen atoms in total. The SMILES string of the molecule is CC(C)(NCC(O)c1c(F)cccc1F)c1ccc2c(c1)OCO2. The average Bonchev–Trinajstić information content (AvgIpc) is 3.00. The molecule has 1 aliphatic rings. The lowest BCUT2D eigenvalue weighted by atomic mass is 9.93. The van der Waals surface area contributed by atoms with Crippen LogP contribution in [0.3, 0.4) is 0 Å². The number of halogens is 2. The standard InChI is InChI=1S/C18H19F2NO3/c1-18(2,11-6-7-15-16(8-11)24-10-23-15)21-9-14(22)17-12(19)4-3-5-13(17)20/h3-8,14,21-22H,9-10H2,1-2H3. The van der Waals surface area contributed by atoms with E-state index in [2.05, 4.69) is 5.32 Å². The molecule has 24 heavy (non-hydrogen) atoms. The number of hydrogen-bond donors (Lipinski definition) is 2. The summed E-state index contributed by atoms with van der Waals surface area (Å²) >= 11 is 0. The Balaban J connectivity index is 1.73. The van der Waals surface area contributed by atoms with Crippen LogP contribution in [0, 0.1) is 11.6 Å². The minimum Gasteiger partial charge on any atom is -0.454 e. The van der Waals surface area contributed by atoms with Gasteiger partial charge < -0.3 is 19.9 Å². The van der Waals surface area contributed by atoms with Gasteiger partial charge in [0.2, 0.25) is 6.79 Å². The Hall–Kier alpha value is -2.18. The molecule has 0 saturated carbocycles. The van der Waals surface area contributed by atoms with Crippen LogP contribution in [0.4, 0.5) is 8.78 Å². The fraction of sp³-hybridized carbons (Fsp3) is 0.333. The Bertz CT molecular complexity index is 729. The van der Waals surface area contributed by atoms with Crippen molar-refractivity contribution in [2.24, 2.45) is 0 Å². The highest BCUT2D eigenvalue weighted by Crippen LogP contribution is 2.35. The summed E-state index contributed by atoms with van der Waals surface area (Å²) in [5.41, 5.74) is 0.0448. The van der Waals surface area contributed by atoms with Crippen molar-refractivity contribution in [2.45, 2.75) is 25.5 Å². The van der Waals surface area contributed by atoms with Gasteiger partial charge in [-0.1, -0.05) is 12.1 Å². The third-order valence-corrected chi connectivity index (χ3v) is 4.16. The molecule has 0 bridgehead atoms. The Kier molecular flexibility index (Phi) is 4.43. The molecule has 128 valence electrons. The number of ether oxygens (including phenoxy) is 2. The van der Waals surface area contributed by atoms with Gasteiger partial charge in [0.1, 0.15) is 11.6 Å². The molecule has 2 aromatic rings. The van der Waals surface area contributed by atoms with E-state index in [0.717, 1.165) is 17.7 Å². The summed E-state index contributed by atoms with van der Waals surface area (Å²) in [5, 5.41) is 13.3. The van der Waals surface area contributed by atoms with Crippen LogP contribution in [-0.4, -0.2) is 18.4 Å². The van der Waals surface area contributed by atoms with Gasteiger partial charge >= 0.3 is 0 Å². The van der Waals surface area contributed by atoms with Crippen LogP contribution in [0.5, 0.6) is 11.5 Å². The van der Waals surface area contributed by atoms with Crippen molar-refractivity contribution < 1.29 is 23.4 Å². The zero-order valence-corrected chi connectivity index (χ0v) is 13.5. The summed E-state index contributed by atoms with van der Waals surface area (Å²) < 4.78 is 38.1. The summed E-state index contributed by atoms with van der Waals surface area (Å²) in [6.07, 6.45) is -1.29. The zero-order valence-electron chi connectivity index (χ0n) is 13.5. The Labute approximate surface area is 139 Å². The number of rotatable bonds is 5. The largest absolute Gasteiger partial charge is 0.454 e. The Morgan fingerprint density at radius 1 is 1.12 bits per heavy atom. The van der Waals surface area contributed by atoms with E-state index >= 15 is 0 Å². The first-order valence-electron chi connectivity index (χ1n) is 7.65. The fourth-order valence-electron chi connectivity index (χ4n) is 2.67. The second-order valence-electron chi connectivity index (χ2n) is 6.23. The maximum absolute atomic E-state index is 13.7. The highest BCUT2D eigenvalue weighted by molar-refractivity contribution is 5.46. The molecule has 0 spiro atoms. The summed E-state index contributed by atoms with van der Waals surface area (Å²) in [6.45, 7) is 4.02. The third kappa shape index (κ3) is 3.20. The number of hydrogen-bond acceptors (Lipinski definition) is 4. The molecule has 0 aromatic heterocycles. The van der Waals surface area contributed by atoms with Gasteiger partial charge in [-0.15, -0.1) is 0 Å². The quantitative estimate of drug-likeness (QED) is 0.881. The van der Waals surface area contributed by atoms with E-state index in [4.69, 9.17) is 9.47 Å². The molecular weight excluding hydrogens is 316 g/mol. The first-order valence-corrected chi connectivity index (χ1v) is 7.65. The number of nitrogens with one attached hydrogen (secondary N) is 1. The van der Waals surface area contributed by atoms with E-state index < -0.39 is 23.3 Å². The molecule has 6 heteroatoms. The molecule has 1 aliphatic heterocycles. The van der Waals surface area contributed by atoms with Gasteiger partial charge in [0.15, 0.2) is 11.5 Å². The van der Waals surface area contributed by atoms with Gasteiger partial charge in [0.25, 0.3) is 0 Å². The first-order chi connectivity index (χ1) is 11.4. The van der Waals surface area contributed by atoms with Gasteiger partial charge in [-0.25, -0.2) is 8.78 Å². The van der Waals surface area contributed by atoms with E-state index in [-0.39, 0.29) is 18.9 Å². The number of aliphatic hydroxyl groups excluding tert-OH is 1. The van der Waals surface area contributed by atoms with Crippen LogP contribution in [-0.2, 0) is 5.54 Å². The van der Waals surface area contributed by atoms with Crippen molar-refractivity contribution in [3.63, 3.8) is 0 Å². The van der Waals surface area contributed by atoms with Crippen molar-refractivity contribution in [3.05, 3.63) is 59.2 Å². The van der Waals surface area contributed by atoms with Gasteiger partial charge in [0, 0.05) is 12.1 Å². The van der Waals surface area contributed by atoms with Gasteiger partial charge in [-0.2, -0.15) is 0 Å². The lowest BCUT2D eigenvalue weighted by Gasteiger charge is -2.29. The summed E-state index contributed by atoms with van der Waals surface area (Å²) in [5.74, 6) is -0.179. The average molecular weight is 335 g/mol. The van der Waals surface area contributed by atoms with Gasteiger partial charge in [-0.3, -0.25) is 0 Å². The normalized spacial score (nSPS) is 14.7. The molecule has 0 radical (unpaired) electrons. The molecule has 1 heterocycles. The Morgan fingerprint density at radius 2 is 1.79 bits per heavy atom. The van der Waals surface area contributed by atoms with E-state index in [0.29, 0.717) is 11.5 Å². The van der Waals surface area contributed by atoms with Crippen molar-refractivity contribution in [3.8, 4) is 11.5 Å².